The largest absolute Gasteiger partial charge is 0.484 e. The second-order valence-electron chi connectivity index (χ2n) is 3.25. The Balaban J connectivity index is 2.75. The van der Waals surface area contributed by atoms with Gasteiger partial charge in [-0.05, 0) is 30.7 Å². The third-order valence-electron chi connectivity index (χ3n) is 2.06. The number of hydrogen-bond acceptors (Lipinski definition) is 3. The van der Waals surface area contributed by atoms with Gasteiger partial charge in [0.2, 0.25) is 0 Å². The Morgan fingerprint density at radius 3 is 2.62 bits per heavy atom. The van der Waals surface area contributed by atoms with E-state index in [9.17, 15) is 9.59 Å². The standard InChI is InChI=1S/C11H13NO4/c1-7-5-8(11(14)15)3-4-9(7)16-6-10(13)12-2/h3-5H,6H2,1-2H3,(H,12,13)(H,14,15). The van der Waals surface area contributed by atoms with Crippen LogP contribution in [0, 0.1) is 6.92 Å². The zero-order chi connectivity index (χ0) is 12.1. The van der Waals surface area contributed by atoms with E-state index < -0.39 is 5.97 Å². The number of aryl methyl sites for hydroxylation is 1. The van der Waals surface area contributed by atoms with Gasteiger partial charge in [-0.25, -0.2) is 4.79 Å². The molecule has 5 heteroatoms. The molecule has 0 aliphatic heterocycles. The number of carboxylic acids is 1. The highest BCUT2D eigenvalue weighted by Crippen LogP contribution is 2.18. The number of amides is 1. The molecule has 0 spiro atoms. The molecule has 1 aromatic rings. The molecule has 1 rings (SSSR count). The molecule has 16 heavy (non-hydrogen) atoms. The lowest BCUT2D eigenvalue weighted by atomic mass is 10.1. The van der Waals surface area contributed by atoms with E-state index in [-0.39, 0.29) is 18.1 Å². The van der Waals surface area contributed by atoms with Crippen LogP contribution < -0.4 is 10.1 Å². The van der Waals surface area contributed by atoms with Gasteiger partial charge in [-0.3, -0.25) is 4.79 Å². The fraction of sp³-hybridized carbons (Fsp3) is 0.273. The molecule has 5 nitrogen and oxygen atoms in total. The number of benzene rings is 1. The van der Waals surface area contributed by atoms with Crippen LogP contribution in [-0.4, -0.2) is 30.6 Å². The van der Waals surface area contributed by atoms with Crippen LogP contribution in [0.5, 0.6) is 5.75 Å². The maximum absolute atomic E-state index is 10.9. The molecule has 0 radical (unpaired) electrons. The van der Waals surface area contributed by atoms with Gasteiger partial charge in [0.25, 0.3) is 5.91 Å². The van der Waals surface area contributed by atoms with E-state index in [1.807, 2.05) is 0 Å². The average molecular weight is 223 g/mol. The average Bonchev–Trinajstić information content (AvgIpc) is 2.26. The number of rotatable bonds is 4. The first-order valence-electron chi connectivity index (χ1n) is 4.72. The van der Waals surface area contributed by atoms with Crippen LogP contribution in [0.3, 0.4) is 0 Å². The Kier molecular flexibility index (Phi) is 3.88. The summed E-state index contributed by atoms with van der Waals surface area (Å²) in [4.78, 5) is 21.6. The van der Waals surface area contributed by atoms with Gasteiger partial charge < -0.3 is 15.2 Å². The van der Waals surface area contributed by atoms with Crippen molar-refractivity contribution in [2.45, 2.75) is 6.92 Å². The molecule has 0 fully saturated rings. The van der Waals surface area contributed by atoms with Crippen LogP contribution in [0.4, 0.5) is 0 Å². The monoisotopic (exact) mass is 223 g/mol. The van der Waals surface area contributed by atoms with Gasteiger partial charge in [0, 0.05) is 7.05 Å². The molecule has 0 aliphatic rings. The molecule has 1 aromatic carbocycles. The fourth-order valence-corrected chi connectivity index (χ4v) is 1.16. The number of carbonyl (C=O) groups is 2. The SMILES string of the molecule is CNC(=O)COc1ccc(C(=O)O)cc1C. The van der Waals surface area contributed by atoms with E-state index >= 15 is 0 Å². The molecule has 0 unspecified atom stereocenters. The molecule has 0 saturated carbocycles. The third kappa shape index (κ3) is 2.98. The highest BCUT2D eigenvalue weighted by Gasteiger charge is 2.07. The maximum atomic E-state index is 10.9. The summed E-state index contributed by atoms with van der Waals surface area (Å²) >= 11 is 0. The Labute approximate surface area is 93.0 Å². The number of carbonyl (C=O) groups excluding carboxylic acids is 1. The molecular formula is C11H13NO4. The normalized spacial score (nSPS) is 9.62. The Morgan fingerprint density at radius 2 is 2.12 bits per heavy atom. The first-order chi connectivity index (χ1) is 7.54. The van der Waals surface area contributed by atoms with Crippen molar-refractivity contribution in [1.82, 2.24) is 5.32 Å². The minimum atomic E-state index is -0.985. The van der Waals surface area contributed by atoms with E-state index in [0.29, 0.717) is 11.3 Å². The molecule has 0 aromatic heterocycles. The van der Waals surface area contributed by atoms with Crippen molar-refractivity contribution in [2.24, 2.45) is 0 Å². The molecule has 0 saturated heterocycles. The van der Waals surface area contributed by atoms with Gasteiger partial charge in [-0.15, -0.1) is 0 Å². The van der Waals surface area contributed by atoms with Gasteiger partial charge in [0.1, 0.15) is 5.75 Å². The van der Waals surface area contributed by atoms with Crippen molar-refractivity contribution in [3.05, 3.63) is 29.3 Å². The van der Waals surface area contributed by atoms with E-state index in [0.717, 1.165) is 0 Å². The lowest BCUT2D eigenvalue weighted by molar-refractivity contribution is -0.122. The Hall–Kier alpha value is -2.04. The van der Waals surface area contributed by atoms with Gasteiger partial charge in [0.05, 0.1) is 5.56 Å². The van der Waals surface area contributed by atoms with Crippen molar-refractivity contribution in [2.75, 3.05) is 13.7 Å². The number of ether oxygens (including phenoxy) is 1. The van der Waals surface area contributed by atoms with Gasteiger partial charge in [-0.1, -0.05) is 0 Å². The summed E-state index contributed by atoms with van der Waals surface area (Å²) in [6.07, 6.45) is 0. The number of likely N-dealkylation sites (N-methyl/N-ethyl adjacent to an activating group) is 1. The van der Waals surface area contributed by atoms with Crippen molar-refractivity contribution < 1.29 is 19.4 Å². The number of aromatic carboxylic acids is 1. The van der Waals surface area contributed by atoms with Gasteiger partial charge >= 0.3 is 5.97 Å². The van der Waals surface area contributed by atoms with Crippen LogP contribution in [-0.2, 0) is 4.79 Å². The number of carboxylic acid groups (broad SMARTS) is 1. The van der Waals surface area contributed by atoms with E-state index in [2.05, 4.69) is 5.32 Å². The number of nitrogens with one attached hydrogen (secondary N) is 1. The van der Waals surface area contributed by atoms with E-state index in [1.165, 1.54) is 19.2 Å². The summed E-state index contributed by atoms with van der Waals surface area (Å²) in [5, 5.41) is 11.2. The predicted molar refractivity (Wildman–Crippen MR) is 57.7 cm³/mol. The Bertz CT molecular complexity index is 414. The van der Waals surface area contributed by atoms with Crippen molar-refractivity contribution >= 4 is 11.9 Å². The summed E-state index contributed by atoms with van der Waals surface area (Å²) in [6, 6.07) is 4.48. The quantitative estimate of drug-likeness (QED) is 0.792. The highest BCUT2D eigenvalue weighted by atomic mass is 16.5. The highest BCUT2D eigenvalue weighted by molar-refractivity contribution is 5.88. The molecule has 0 bridgehead atoms. The summed E-state index contributed by atoms with van der Waals surface area (Å²) < 4.78 is 5.22. The molecule has 2 N–H and O–H groups in total. The molecule has 86 valence electrons. The van der Waals surface area contributed by atoms with E-state index in [1.54, 1.807) is 13.0 Å². The summed E-state index contributed by atoms with van der Waals surface area (Å²) in [6.45, 7) is 1.65. The Morgan fingerprint density at radius 1 is 1.44 bits per heavy atom. The molecule has 0 heterocycles. The zero-order valence-corrected chi connectivity index (χ0v) is 9.11. The second kappa shape index (κ2) is 5.16. The van der Waals surface area contributed by atoms with Crippen molar-refractivity contribution in [3.63, 3.8) is 0 Å². The summed E-state index contributed by atoms with van der Waals surface area (Å²) in [5.74, 6) is -0.712. The molecule has 0 aliphatic carbocycles. The fourth-order valence-electron chi connectivity index (χ4n) is 1.16. The topological polar surface area (TPSA) is 75.6 Å². The smallest absolute Gasteiger partial charge is 0.335 e. The molecule has 0 atom stereocenters. The van der Waals surface area contributed by atoms with E-state index in [4.69, 9.17) is 9.84 Å². The minimum Gasteiger partial charge on any atom is -0.484 e. The predicted octanol–water partition coefficient (Wildman–Crippen LogP) is 0.818. The summed E-state index contributed by atoms with van der Waals surface area (Å²) in [7, 11) is 1.52. The zero-order valence-electron chi connectivity index (χ0n) is 9.11. The lowest BCUT2D eigenvalue weighted by Crippen LogP contribution is -2.25. The first kappa shape index (κ1) is 12.0. The van der Waals surface area contributed by atoms with Crippen molar-refractivity contribution in [3.8, 4) is 5.75 Å². The van der Waals surface area contributed by atoms with Crippen LogP contribution in [0.15, 0.2) is 18.2 Å². The first-order valence-corrected chi connectivity index (χ1v) is 4.72. The molecule has 1 amide bonds. The summed E-state index contributed by atoms with van der Waals surface area (Å²) in [5.41, 5.74) is 0.883. The van der Waals surface area contributed by atoms with Gasteiger partial charge in [0.15, 0.2) is 6.61 Å². The van der Waals surface area contributed by atoms with Gasteiger partial charge in [-0.2, -0.15) is 0 Å². The van der Waals surface area contributed by atoms with Crippen LogP contribution >= 0.6 is 0 Å². The third-order valence-corrected chi connectivity index (χ3v) is 2.06. The second-order valence-corrected chi connectivity index (χ2v) is 3.25. The molecular weight excluding hydrogens is 210 g/mol. The van der Waals surface area contributed by atoms with Crippen LogP contribution in [0.1, 0.15) is 15.9 Å². The maximum Gasteiger partial charge on any atom is 0.335 e. The minimum absolute atomic E-state index is 0.0796. The van der Waals surface area contributed by atoms with Crippen LogP contribution in [0.2, 0.25) is 0 Å². The lowest BCUT2D eigenvalue weighted by Gasteiger charge is -2.08. The van der Waals surface area contributed by atoms with Crippen LogP contribution in [0.25, 0.3) is 0 Å². The number of hydrogen-bond donors (Lipinski definition) is 2. The van der Waals surface area contributed by atoms with Crippen molar-refractivity contribution in [1.29, 1.82) is 0 Å².